The number of piperidine rings is 1. The van der Waals surface area contributed by atoms with E-state index in [0.29, 0.717) is 12.0 Å². The first-order valence-electron chi connectivity index (χ1n) is 5.96. The molecular formula is C12H20N4. The molecule has 1 aromatic heterocycles. The summed E-state index contributed by atoms with van der Waals surface area (Å²) in [6.45, 7) is 6.17. The first-order chi connectivity index (χ1) is 7.66. The molecule has 4 heteroatoms. The molecule has 2 N–H and O–H groups in total. The number of nitrogens with zero attached hydrogens (tertiary/aromatic N) is 3. The molecule has 1 aliphatic rings. The van der Waals surface area contributed by atoms with Crippen LogP contribution in [0.3, 0.4) is 0 Å². The Hall–Kier alpha value is -1.16. The Labute approximate surface area is 96.9 Å². The molecule has 0 spiro atoms. The van der Waals surface area contributed by atoms with Gasteiger partial charge in [0.1, 0.15) is 5.82 Å². The van der Waals surface area contributed by atoms with E-state index in [0.717, 1.165) is 37.4 Å². The van der Waals surface area contributed by atoms with Crippen LogP contribution in [0.1, 0.15) is 25.5 Å². The second-order valence-corrected chi connectivity index (χ2v) is 4.70. The Bertz CT molecular complexity index is 343. The van der Waals surface area contributed by atoms with Gasteiger partial charge in [0.2, 0.25) is 0 Å². The Kier molecular flexibility index (Phi) is 3.39. The molecule has 1 saturated heterocycles. The van der Waals surface area contributed by atoms with Crippen LogP contribution < -0.4 is 10.6 Å². The van der Waals surface area contributed by atoms with E-state index in [9.17, 15) is 0 Å². The maximum atomic E-state index is 5.93. The van der Waals surface area contributed by atoms with Gasteiger partial charge in [0, 0.05) is 25.3 Å². The second kappa shape index (κ2) is 4.78. The van der Waals surface area contributed by atoms with E-state index in [2.05, 4.69) is 21.8 Å². The fraction of sp³-hybridized carbons (Fsp3) is 0.667. The molecule has 88 valence electrons. The molecule has 1 unspecified atom stereocenters. The lowest BCUT2D eigenvalue weighted by atomic mass is 9.91. The quantitative estimate of drug-likeness (QED) is 0.817. The highest BCUT2D eigenvalue weighted by molar-refractivity contribution is 5.36. The summed E-state index contributed by atoms with van der Waals surface area (Å²) in [5.41, 5.74) is 6.91. The number of rotatable bonds is 2. The van der Waals surface area contributed by atoms with Gasteiger partial charge in [-0.05, 0) is 32.6 Å². The SMILES string of the molecule is Cc1cncc(N2CCC(C(C)N)CC2)n1. The van der Waals surface area contributed by atoms with Crippen LogP contribution >= 0.6 is 0 Å². The third-order valence-electron chi connectivity index (χ3n) is 3.35. The molecule has 2 rings (SSSR count). The van der Waals surface area contributed by atoms with Crippen molar-refractivity contribution >= 4 is 5.82 Å². The van der Waals surface area contributed by atoms with Crippen molar-refractivity contribution in [2.24, 2.45) is 11.7 Å². The average Bonchev–Trinajstić information content (AvgIpc) is 2.29. The van der Waals surface area contributed by atoms with Crippen LogP contribution in [0.25, 0.3) is 0 Å². The number of aryl methyl sites for hydroxylation is 1. The van der Waals surface area contributed by atoms with E-state index < -0.39 is 0 Å². The normalized spacial score (nSPS) is 19.8. The van der Waals surface area contributed by atoms with Crippen LogP contribution in [0.4, 0.5) is 5.82 Å². The molecule has 1 aliphatic heterocycles. The molecule has 1 fully saturated rings. The van der Waals surface area contributed by atoms with Crippen molar-refractivity contribution in [2.75, 3.05) is 18.0 Å². The maximum absolute atomic E-state index is 5.93. The first kappa shape index (κ1) is 11.3. The van der Waals surface area contributed by atoms with Gasteiger partial charge in [-0.25, -0.2) is 4.98 Å². The summed E-state index contributed by atoms with van der Waals surface area (Å²) in [5.74, 6) is 1.66. The monoisotopic (exact) mass is 220 g/mol. The molecule has 0 aromatic carbocycles. The van der Waals surface area contributed by atoms with Gasteiger partial charge in [-0.1, -0.05) is 0 Å². The summed E-state index contributed by atoms with van der Waals surface area (Å²) in [7, 11) is 0. The van der Waals surface area contributed by atoms with Crippen LogP contribution in [0.2, 0.25) is 0 Å². The first-order valence-corrected chi connectivity index (χ1v) is 5.96. The van der Waals surface area contributed by atoms with Gasteiger partial charge >= 0.3 is 0 Å². The zero-order valence-corrected chi connectivity index (χ0v) is 10.1. The summed E-state index contributed by atoms with van der Waals surface area (Å²) in [5, 5.41) is 0. The highest BCUT2D eigenvalue weighted by Crippen LogP contribution is 2.22. The van der Waals surface area contributed by atoms with Crippen molar-refractivity contribution in [3.8, 4) is 0 Å². The molecular weight excluding hydrogens is 200 g/mol. The zero-order valence-electron chi connectivity index (χ0n) is 10.1. The summed E-state index contributed by atoms with van der Waals surface area (Å²) < 4.78 is 0. The Morgan fingerprint density at radius 1 is 1.38 bits per heavy atom. The van der Waals surface area contributed by atoms with E-state index in [1.165, 1.54) is 0 Å². The number of hydrogen-bond donors (Lipinski definition) is 1. The van der Waals surface area contributed by atoms with Gasteiger partial charge in [-0.3, -0.25) is 4.98 Å². The lowest BCUT2D eigenvalue weighted by molar-refractivity contribution is 0.353. The number of aromatic nitrogens is 2. The predicted molar refractivity (Wildman–Crippen MR) is 65.4 cm³/mol. The number of anilines is 1. The average molecular weight is 220 g/mol. The highest BCUT2D eigenvalue weighted by Gasteiger charge is 2.22. The van der Waals surface area contributed by atoms with Crippen molar-refractivity contribution in [1.82, 2.24) is 9.97 Å². The molecule has 0 bridgehead atoms. The standard InChI is InChI=1S/C12H20N4/c1-9-7-14-8-12(15-9)16-5-3-11(4-6-16)10(2)13/h7-8,10-11H,3-6,13H2,1-2H3. The molecule has 1 atom stereocenters. The van der Waals surface area contributed by atoms with Crippen LogP contribution in [0, 0.1) is 12.8 Å². The van der Waals surface area contributed by atoms with Gasteiger partial charge in [0.05, 0.1) is 11.9 Å². The molecule has 0 saturated carbocycles. The zero-order chi connectivity index (χ0) is 11.5. The molecule has 16 heavy (non-hydrogen) atoms. The molecule has 1 aromatic rings. The summed E-state index contributed by atoms with van der Waals surface area (Å²) in [6.07, 6.45) is 5.96. The van der Waals surface area contributed by atoms with E-state index in [1.807, 2.05) is 13.1 Å². The third-order valence-corrected chi connectivity index (χ3v) is 3.35. The Balaban J connectivity index is 1.99. The number of hydrogen-bond acceptors (Lipinski definition) is 4. The maximum Gasteiger partial charge on any atom is 0.147 e. The van der Waals surface area contributed by atoms with E-state index in [-0.39, 0.29) is 0 Å². The molecule has 0 aliphatic carbocycles. The lowest BCUT2D eigenvalue weighted by Crippen LogP contribution is -2.40. The van der Waals surface area contributed by atoms with Crippen LogP contribution in [0.5, 0.6) is 0 Å². The van der Waals surface area contributed by atoms with Crippen molar-refractivity contribution < 1.29 is 0 Å². The third kappa shape index (κ3) is 2.50. The predicted octanol–water partition coefficient (Wildman–Crippen LogP) is 1.35. The second-order valence-electron chi connectivity index (χ2n) is 4.70. The highest BCUT2D eigenvalue weighted by atomic mass is 15.2. The Morgan fingerprint density at radius 3 is 2.62 bits per heavy atom. The van der Waals surface area contributed by atoms with E-state index >= 15 is 0 Å². The van der Waals surface area contributed by atoms with E-state index in [4.69, 9.17) is 5.73 Å². The summed E-state index contributed by atoms with van der Waals surface area (Å²) in [6, 6.07) is 0.311. The summed E-state index contributed by atoms with van der Waals surface area (Å²) >= 11 is 0. The lowest BCUT2D eigenvalue weighted by Gasteiger charge is -2.34. The minimum atomic E-state index is 0.311. The smallest absolute Gasteiger partial charge is 0.147 e. The molecule has 2 heterocycles. The van der Waals surface area contributed by atoms with Gasteiger partial charge < -0.3 is 10.6 Å². The minimum Gasteiger partial charge on any atom is -0.355 e. The minimum absolute atomic E-state index is 0.311. The van der Waals surface area contributed by atoms with Gasteiger partial charge in [0.25, 0.3) is 0 Å². The molecule has 4 nitrogen and oxygen atoms in total. The van der Waals surface area contributed by atoms with E-state index in [1.54, 1.807) is 6.20 Å². The van der Waals surface area contributed by atoms with Crippen molar-refractivity contribution in [1.29, 1.82) is 0 Å². The molecule has 0 amide bonds. The van der Waals surface area contributed by atoms with Crippen LogP contribution in [-0.2, 0) is 0 Å². The van der Waals surface area contributed by atoms with Crippen molar-refractivity contribution in [3.05, 3.63) is 18.1 Å². The number of nitrogens with two attached hydrogens (primary N) is 1. The Morgan fingerprint density at radius 2 is 2.06 bits per heavy atom. The van der Waals surface area contributed by atoms with Gasteiger partial charge in [-0.2, -0.15) is 0 Å². The molecule has 0 radical (unpaired) electrons. The topological polar surface area (TPSA) is 55.0 Å². The fourth-order valence-corrected chi connectivity index (χ4v) is 2.26. The van der Waals surface area contributed by atoms with Crippen LogP contribution in [-0.4, -0.2) is 29.1 Å². The van der Waals surface area contributed by atoms with Crippen molar-refractivity contribution in [3.63, 3.8) is 0 Å². The fourth-order valence-electron chi connectivity index (χ4n) is 2.26. The van der Waals surface area contributed by atoms with Gasteiger partial charge in [-0.15, -0.1) is 0 Å². The van der Waals surface area contributed by atoms with Gasteiger partial charge in [0.15, 0.2) is 0 Å². The largest absolute Gasteiger partial charge is 0.355 e. The van der Waals surface area contributed by atoms with Crippen LogP contribution in [0.15, 0.2) is 12.4 Å². The van der Waals surface area contributed by atoms with Crippen molar-refractivity contribution in [2.45, 2.75) is 32.7 Å². The summed E-state index contributed by atoms with van der Waals surface area (Å²) in [4.78, 5) is 11.0.